The van der Waals surface area contributed by atoms with Crippen molar-refractivity contribution in [3.05, 3.63) is 29.8 Å². The van der Waals surface area contributed by atoms with E-state index in [1.807, 2.05) is 31.2 Å². The fourth-order valence-electron chi connectivity index (χ4n) is 2.19. The molecule has 1 aromatic rings. The number of amides is 1. The number of carbonyl (C=O) groups excluding carboxylic acids is 1. The second-order valence-corrected chi connectivity index (χ2v) is 4.25. The Morgan fingerprint density at radius 3 is 2.69 bits per heavy atom. The van der Waals surface area contributed by atoms with Crippen molar-refractivity contribution in [1.82, 2.24) is 0 Å². The first-order valence-corrected chi connectivity index (χ1v) is 5.36. The standard InChI is InChI=1S/C12H16N2O2/c1-7-11(13)9-5-3-4-6-10(9)14(8(2)15)12(7)16/h3-7,11-12,16H,13H2,1-2H3/t7-,11+,12-/m0/s1. The second-order valence-electron chi connectivity index (χ2n) is 4.25. The minimum atomic E-state index is -0.845. The molecule has 4 nitrogen and oxygen atoms in total. The van der Waals surface area contributed by atoms with Crippen LogP contribution in [0.2, 0.25) is 0 Å². The maximum Gasteiger partial charge on any atom is 0.225 e. The summed E-state index contributed by atoms with van der Waals surface area (Å²) in [4.78, 5) is 13.0. The van der Waals surface area contributed by atoms with Crippen LogP contribution in [0.15, 0.2) is 24.3 Å². The van der Waals surface area contributed by atoms with E-state index < -0.39 is 6.23 Å². The normalized spacial score (nSPS) is 28.8. The van der Waals surface area contributed by atoms with Crippen LogP contribution in [0.25, 0.3) is 0 Å². The number of nitrogens with two attached hydrogens (primary N) is 1. The van der Waals surface area contributed by atoms with Crippen molar-refractivity contribution in [2.45, 2.75) is 26.1 Å². The summed E-state index contributed by atoms with van der Waals surface area (Å²) in [6.07, 6.45) is -0.845. The number of hydrogen-bond donors (Lipinski definition) is 2. The maximum absolute atomic E-state index is 11.5. The van der Waals surface area contributed by atoms with Crippen LogP contribution in [0, 0.1) is 5.92 Å². The molecule has 1 aromatic carbocycles. The van der Waals surface area contributed by atoms with Crippen LogP contribution in [0.4, 0.5) is 5.69 Å². The molecule has 16 heavy (non-hydrogen) atoms. The van der Waals surface area contributed by atoms with E-state index in [2.05, 4.69) is 0 Å². The molecule has 1 heterocycles. The molecule has 1 aliphatic rings. The van der Waals surface area contributed by atoms with Crippen LogP contribution in [-0.4, -0.2) is 17.2 Å². The monoisotopic (exact) mass is 220 g/mol. The first kappa shape index (κ1) is 11.1. The Labute approximate surface area is 94.7 Å². The number of benzene rings is 1. The molecular weight excluding hydrogens is 204 g/mol. The zero-order chi connectivity index (χ0) is 11.9. The van der Waals surface area contributed by atoms with Crippen LogP contribution in [-0.2, 0) is 4.79 Å². The summed E-state index contributed by atoms with van der Waals surface area (Å²) in [6.45, 7) is 3.30. The van der Waals surface area contributed by atoms with Crippen molar-refractivity contribution in [1.29, 1.82) is 0 Å². The van der Waals surface area contributed by atoms with Crippen molar-refractivity contribution in [2.24, 2.45) is 11.7 Å². The molecule has 0 spiro atoms. The Morgan fingerprint density at radius 1 is 1.44 bits per heavy atom. The van der Waals surface area contributed by atoms with Gasteiger partial charge in [0.25, 0.3) is 0 Å². The van der Waals surface area contributed by atoms with Gasteiger partial charge in [-0.3, -0.25) is 9.69 Å². The summed E-state index contributed by atoms with van der Waals surface area (Å²) >= 11 is 0. The van der Waals surface area contributed by atoms with Crippen LogP contribution in [0.1, 0.15) is 25.5 Å². The highest BCUT2D eigenvalue weighted by Crippen LogP contribution is 2.38. The topological polar surface area (TPSA) is 66.6 Å². The van der Waals surface area contributed by atoms with Crippen LogP contribution < -0.4 is 10.6 Å². The van der Waals surface area contributed by atoms with Gasteiger partial charge in [-0.05, 0) is 11.6 Å². The lowest BCUT2D eigenvalue weighted by Gasteiger charge is -2.40. The highest BCUT2D eigenvalue weighted by Gasteiger charge is 2.37. The SMILES string of the molecule is CC(=O)N1c2ccccc2[C@H](N)[C@H](C)[C@@H]1O. The molecule has 4 heteroatoms. The van der Waals surface area contributed by atoms with E-state index in [1.54, 1.807) is 0 Å². The van der Waals surface area contributed by atoms with E-state index in [1.165, 1.54) is 11.8 Å². The van der Waals surface area contributed by atoms with Gasteiger partial charge in [0.15, 0.2) is 0 Å². The lowest BCUT2D eigenvalue weighted by atomic mass is 9.87. The Hall–Kier alpha value is -1.39. The maximum atomic E-state index is 11.5. The third kappa shape index (κ3) is 1.50. The predicted octanol–water partition coefficient (Wildman–Crippen LogP) is 1.01. The Balaban J connectivity index is 2.56. The molecule has 3 atom stereocenters. The third-order valence-corrected chi connectivity index (χ3v) is 3.20. The lowest BCUT2D eigenvalue weighted by Crippen LogP contribution is -2.50. The number of aliphatic hydroxyl groups is 1. The van der Waals surface area contributed by atoms with Crippen molar-refractivity contribution >= 4 is 11.6 Å². The molecule has 0 saturated carbocycles. The van der Waals surface area contributed by atoms with E-state index in [-0.39, 0.29) is 17.9 Å². The van der Waals surface area contributed by atoms with Crippen molar-refractivity contribution in [2.75, 3.05) is 4.90 Å². The lowest BCUT2D eigenvalue weighted by molar-refractivity contribution is -0.119. The number of carbonyl (C=O) groups is 1. The number of rotatable bonds is 0. The number of fused-ring (bicyclic) bond motifs is 1. The van der Waals surface area contributed by atoms with Crippen LogP contribution in [0.5, 0.6) is 0 Å². The van der Waals surface area contributed by atoms with Gasteiger partial charge >= 0.3 is 0 Å². The zero-order valence-corrected chi connectivity index (χ0v) is 9.42. The summed E-state index contributed by atoms with van der Waals surface area (Å²) in [6, 6.07) is 7.21. The molecule has 2 rings (SSSR count). The number of hydrogen-bond acceptors (Lipinski definition) is 3. The molecular formula is C12H16N2O2. The molecule has 1 aliphatic heterocycles. The Morgan fingerprint density at radius 2 is 2.06 bits per heavy atom. The fourth-order valence-corrected chi connectivity index (χ4v) is 2.19. The second kappa shape index (κ2) is 3.88. The molecule has 0 bridgehead atoms. The average Bonchev–Trinajstić information content (AvgIpc) is 2.26. The van der Waals surface area contributed by atoms with Crippen molar-refractivity contribution < 1.29 is 9.90 Å². The van der Waals surface area contributed by atoms with E-state index in [0.717, 1.165) is 5.56 Å². The van der Waals surface area contributed by atoms with Gasteiger partial charge in [-0.15, -0.1) is 0 Å². The van der Waals surface area contributed by atoms with E-state index in [0.29, 0.717) is 5.69 Å². The van der Waals surface area contributed by atoms with Gasteiger partial charge in [0.2, 0.25) is 5.91 Å². The minimum Gasteiger partial charge on any atom is -0.373 e. The predicted molar refractivity (Wildman–Crippen MR) is 61.7 cm³/mol. The van der Waals surface area contributed by atoms with Gasteiger partial charge in [0, 0.05) is 18.9 Å². The molecule has 86 valence electrons. The first-order valence-electron chi connectivity index (χ1n) is 5.36. The minimum absolute atomic E-state index is 0.168. The van der Waals surface area contributed by atoms with E-state index in [4.69, 9.17) is 5.73 Å². The number of anilines is 1. The molecule has 0 fully saturated rings. The van der Waals surface area contributed by atoms with Crippen molar-refractivity contribution in [3.63, 3.8) is 0 Å². The number of para-hydroxylation sites is 1. The summed E-state index contributed by atoms with van der Waals surface area (Å²) in [7, 11) is 0. The summed E-state index contributed by atoms with van der Waals surface area (Å²) in [5, 5.41) is 10.1. The fraction of sp³-hybridized carbons (Fsp3) is 0.417. The quantitative estimate of drug-likeness (QED) is 0.685. The smallest absolute Gasteiger partial charge is 0.225 e. The van der Waals surface area contributed by atoms with E-state index in [9.17, 15) is 9.90 Å². The average molecular weight is 220 g/mol. The molecule has 0 aliphatic carbocycles. The summed E-state index contributed by atoms with van der Waals surface area (Å²) in [5.74, 6) is -0.336. The van der Waals surface area contributed by atoms with Gasteiger partial charge in [-0.2, -0.15) is 0 Å². The van der Waals surface area contributed by atoms with Gasteiger partial charge in [0.05, 0.1) is 5.69 Å². The molecule has 0 unspecified atom stereocenters. The molecule has 0 saturated heterocycles. The van der Waals surface area contributed by atoms with Gasteiger partial charge in [-0.1, -0.05) is 25.1 Å². The number of aliphatic hydroxyl groups excluding tert-OH is 1. The molecule has 0 radical (unpaired) electrons. The summed E-state index contributed by atoms with van der Waals surface area (Å²) < 4.78 is 0. The highest BCUT2D eigenvalue weighted by molar-refractivity contribution is 5.93. The van der Waals surface area contributed by atoms with Crippen molar-refractivity contribution in [3.8, 4) is 0 Å². The highest BCUT2D eigenvalue weighted by atomic mass is 16.3. The Kier molecular flexibility index (Phi) is 2.69. The van der Waals surface area contributed by atoms with Gasteiger partial charge < -0.3 is 10.8 Å². The van der Waals surface area contributed by atoms with Gasteiger partial charge in [-0.25, -0.2) is 0 Å². The van der Waals surface area contributed by atoms with Crippen LogP contribution in [0.3, 0.4) is 0 Å². The molecule has 3 N–H and O–H groups in total. The third-order valence-electron chi connectivity index (χ3n) is 3.20. The van der Waals surface area contributed by atoms with Crippen LogP contribution >= 0.6 is 0 Å². The number of nitrogens with zero attached hydrogens (tertiary/aromatic N) is 1. The van der Waals surface area contributed by atoms with E-state index >= 15 is 0 Å². The zero-order valence-electron chi connectivity index (χ0n) is 9.42. The molecule has 0 aromatic heterocycles. The summed E-state index contributed by atoms with van der Waals surface area (Å²) in [5.41, 5.74) is 7.67. The largest absolute Gasteiger partial charge is 0.373 e. The Bertz CT molecular complexity index is 419. The van der Waals surface area contributed by atoms with Gasteiger partial charge in [0.1, 0.15) is 6.23 Å². The molecule has 1 amide bonds. The first-order chi connectivity index (χ1) is 7.54.